The highest BCUT2D eigenvalue weighted by Crippen LogP contribution is 2.30. The molecule has 0 saturated carbocycles. The molecule has 0 radical (unpaired) electrons. The van der Waals surface area contributed by atoms with Crippen LogP contribution < -0.4 is 10.5 Å². The molecule has 0 aliphatic heterocycles. The van der Waals surface area contributed by atoms with Gasteiger partial charge in [0.05, 0.1) is 26.3 Å². The Labute approximate surface area is 199 Å². The summed E-state index contributed by atoms with van der Waals surface area (Å²) in [7, 11) is -5.37. The van der Waals surface area contributed by atoms with E-state index in [0.717, 1.165) is 17.5 Å². The molecule has 4 rings (SSSR count). The fraction of sp³-hybridized carbons (Fsp3) is 0.304. The summed E-state index contributed by atoms with van der Waals surface area (Å²) in [5, 5.41) is 7.90. The molecule has 1 aliphatic rings. The van der Waals surface area contributed by atoms with Crippen LogP contribution in [0.4, 0.5) is 5.82 Å². The van der Waals surface area contributed by atoms with E-state index < -0.39 is 25.1 Å². The first-order chi connectivity index (χ1) is 16.0. The summed E-state index contributed by atoms with van der Waals surface area (Å²) in [6.07, 6.45) is 7.26. The predicted octanol–water partition coefficient (Wildman–Crippen LogP) is 3.00. The lowest BCUT2D eigenvalue weighted by Crippen LogP contribution is -2.22. The van der Waals surface area contributed by atoms with Crippen LogP contribution in [0, 0.1) is 0 Å². The van der Waals surface area contributed by atoms with E-state index in [-0.39, 0.29) is 9.80 Å². The lowest BCUT2D eigenvalue weighted by molar-refractivity contribution is 0.593. The topological polar surface area (TPSA) is 137 Å². The quantitative estimate of drug-likeness (QED) is 0.508. The van der Waals surface area contributed by atoms with Crippen LogP contribution >= 0.6 is 0 Å². The van der Waals surface area contributed by atoms with Gasteiger partial charge in [-0.05, 0) is 50.5 Å². The molecule has 11 heteroatoms. The van der Waals surface area contributed by atoms with Gasteiger partial charge in [0.2, 0.25) is 10.0 Å². The fourth-order valence-electron chi connectivity index (χ4n) is 3.80. The number of benzene rings is 1. The first kappa shape index (κ1) is 24.1. The van der Waals surface area contributed by atoms with E-state index in [9.17, 15) is 16.8 Å². The Morgan fingerprint density at radius 1 is 1.03 bits per heavy atom. The molecule has 180 valence electrons. The lowest BCUT2D eigenvalue weighted by atomic mass is 10.1. The van der Waals surface area contributed by atoms with Crippen molar-refractivity contribution in [1.82, 2.24) is 14.5 Å². The highest BCUT2D eigenvalue weighted by molar-refractivity contribution is 7.96. The van der Waals surface area contributed by atoms with E-state index in [2.05, 4.69) is 10.3 Å². The number of hydrogen-bond donors (Lipinski definition) is 2. The zero-order valence-electron chi connectivity index (χ0n) is 19.2. The molecule has 2 aromatic heterocycles. The summed E-state index contributed by atoms with van der Waals surface area (Å²) < 4.78 is 50.8. The van der Waals surface area contributed by atoms with Crippen molar-refractivity contribution in [3.05, 3.63) is 70.7 Å². The molecule has 0 spiro atoms. The van der Waals surface area contributed by atoms with Gasteiger partial charge in [-0.25, -0.2) is 31.9 Å². The third-order valence-corrected chi connectivity index (χ3v) is 8.84. The van der Waals surface area contributed by atoms with Crippen molar-refractivity contribution in [1.29, 1.82) is 0 Å². The number of nitrogens with zero attached hydrogens (tertiary/aromatic N) is 3. The number of sulfonamides is 1. The number of fused-ring (bicyclic) bond motifs is 1. The highest BCUT2D eigenvalue weighted by Gasteiger charge is 2.27. The van der Waals surface area contributed by atoms with Crippen LogP contribution in [0.2, 0.25) is 0 Å². The van der Waals surface area contributed by atoms with Gasteiger partial charge in [-0.1, -0.05) is 24.3 Å². The molecule has 0 fully saturated rings. The fourth-order valence-corrected chi connectivity index (χ4v) is 5.62. The minimum atomic E-state index is -3.77. The number of allylic oxidation sites excluding steroid dienone is 2. The van der Waals surface area contributed by atoms with Crippen molar-refractivity contribution in [2.45, 2.75) is 43.3 Å². The second-order valence-electron chi connectivity index (χ2n) is 8.50. The molecule has 0 unspecified atom stereocenters. The zero-order valence-corrected chi connectivity index (χ0v) is 20.8. The first-order valence-corrected chi connectivity index (χ1v) is 13.9. The summed E-state index contributed by atoms with van der Waals surface area (Å²) in [5.41, 5.74) is 2.80. The number of hydrogen-bond acceptors (Lipinski definition) is 7. The maximum Gasteiger partial charge on any atom is 0.238 e. The van der Waals surface area contributed by atoms with E-state index in [1.54, 1.807) is 32.1 Å². The number of aryl methyl sites for hydroxylation is 1. The van der Waals surface area contributed by atoms with Crippen molar-refractivity contribution in [3.63, 3.8) is 0 Å². The van der Waals surface area contributed by atoms with Gasteiger partial charge in [-0.3, -0.25) is 0 Å². The Hall–Kier alpha value is -3.02. The van der Waals surface area contributed by atoms with Gasteiger partial charge < -0.3 is 9.88 Å². The largest absolute Gasteiger partial charge is 0.346 e. The number of nitrogens with two attached hydrogens (primary N) is 1. The third-order valence-electron chi connectivity index (χ3n) is 5.67. The molecule has 3 N–H and O–H groups in total. The van der Waals surface area contributed by atoms with Gasteiger partial charge in [0.1, 0.15) is 11.3 Å². The van der Waals surface area contributed by atoms with Crippen molar-refractivity contribution in [2.75, 3.05) is 5.32 Å². The highest BCUT2D eigenvalue weighted by atomic mass is 32.2. The number of sulfone groups is 1. The summed E-state index contributed by atoms with van der Waals surface area (Å²) in [4.78, 5) is 9.67. The molecule has 3 aromatic rings. The van der Waals surface area contributed by atoms with E-state index in [1.807, 2.05) is 30.0 Å². The SMILES string of the molecule is CC(C)S(=O)(=O)C1=CCCC=C1Nc1nc(Cc2ccc(S(N)(=O)=O)cc2)nc2ccn(C)c12. The number of nitrogens with one attached hydrogen (secondary N) is 1. The van der Waals surface area contributed by atoms with Crippen molar-refractivity contribution >= 4 is 36.7 Å². The molecular formula is C23H27N5O4S2. The lowest BCUT2D eigenvalue weighted by Gasteiger charge is -2.20. The number of aromatic nitrogens is 3. The van der Waals surface area contributed by atoms with E-state index >= 15 is 0 Å². The second-order valence-corrected chi connectivity index (χ2v) is 12.5. The van der Waals surface area contributed by atoms with Crippen LogP contribution in [0.15, 0.2) is 64.2 Å². The van der Waals surface area contributed by atoms with Crippen LogP contribution in [0.25, 0.3) is 11.0 Å². The Morgan fingerprint density at radius 2 is 1.71 bits per heavy atom. The Kier molecular flexibility index (Phi) is 6.36. The minimum absolute atomic E-state index is 0.0351. The van der Waals surface area contributed by atoms with Crippen LogP contribution in [0.5, 0.6) is 0 Å². The summed E-state index contributed by atoms with van der Waals surface area (Å²) in [6, 6.07) is 8.11. The Morgan fingerprint density at radius 3 is 2.35 bits per heavy atom. The molecule has 0 atom stereocenters. The number of anilines is 1. The molecule has 9 nitrogen and oxygen atoms in total. The van der Waals surface area contributed by atoms with Gasteiger partial charge >= 0.3 is 0 Å². The molecule has 1 aromatic carbocycles. The normalized spacial score (nSPS) is 14.9. The smallest absolute Gasteiger partial charge is 0.238 e. The summed E-state index contributed by atoms with van der Waals surface area (Å²) in [5.74, 6) is 1.02. The molecule has 0 amide bonds. The van der Waals surface area contributed by atoms with Gasteiger partial charge in [0.25, 0.3) is 0 Å². The van der Waals surface area contributed by atoms with Crippen LogP contribution in [0.3, 0.4) is 0 Å². The van der Waals surface area contributed by atoms with Crippen molar-refractivity contribution in [3.8, 4) is 0 Å². The van der Waals surface area contributed by atoms with E-state index in [4.69, 9.17) is 10.1 Å². The molecule has 1 aliphatic carbocycles. The number of primary sulfonamides is 1. The Bertz CT molecular complexity index is 1520. The molecule has 34 heavy (non-hydrogen) atoms. The Balaban J connectivity index is 1.71. The van der Waals surface area contributed by atoms with E-state index in [1.165, 1.54) is 12.1 Å². The van der Waals surface area contributed by atoms with Crippen LogP contribution in [-0.2, 0) is 33.3 Å². The molecule has 2 heterocycles. The summed E-state index contributed by atoms with van der Waals surface area (Å²) >= 11 is 0. The first-order valence-electron chi connectivity index (χ1n) is 10.8. The molecule has 0 saturated heterocycles. The van der Waals surface area contributed by atoms with Crippen LogP contribution in [-0.4, -0.2) is 36.6 Å². The van der Waals surface area contributed by atoms with Crippen molar-refractivity contribution in [2.24, 2.45) is 12.2 Å². The monoisotopic (exact) mass is 501 g/mol. The zero-order chi connectivity index (χ0) is 24.7. The third kappa shape index (κ3) is 4.77. The van der Waals surface area contributed by atoms with Crippen molar-refractivity contribution < 1.29 is 16.8 Å². The number of rotatable bonds is 7. The average molecular weight is 502 g/mol. The second kappa shape index (κ2) is 8.97. The molecular weight excluding hydrogens is 474 g/mol. The minimum Gasteiger partial charge on any atom is -0.346 e. The predicted molar refractivity (Wildman–Crippen MR) is 132 cm³/mol. The van der Waals surface area contributed by atoms with Gasteiger partial charge in [-0.15, -0.1) is 0 Å². The van der Waals surface area contributed by atoms with Gasteiger partial charge in [0.15, 0.2) is 15.7 Å². The van der Waals surface area contributed by atoms with Gasteiger partial charge in [0, 0.05) is 19.7 Å². The summed E-state index contributed by atoms with van der Waals surface area (Å²) in [6.45, 7) is 3.34. The average Bonchev–Trinajstić information content (AvgIpc) is 3.14. The standard InChI is InChI=1S/C23H27N5O4S2/c1-15(2)33(29,30)20-7-5-4-6-18(20)26-23-22-19(12-13-28(22)3)25-21(27-23)14-16-8-10-17(11-9-16)34(24,31)32/h6-13,15H,4-5,14H2,1-3H3,(H2,24,31,32)(H,25,26,27). The van der Waals surface area contributed by atoms with E-state index in [0.29, 0.717) is 35.7 Å². The maximum absolute atomic E-state index is 12.9. The molecule has 0 bridgehead atoms. The maximum atomic E-state index is 12.9. The van der Waals surface area contributed by atoms with Crippen LogP contribution in [0.1, 0.15) is 38.1 Å². The van der Waals surface area contributed by atoms with Gasteiger partial charge in [-0.2, -0.15) is 0 Å².